The van der Waals surface area contributed by atoms with Gasteiger partial charge in [0.15, 0.2) is 9.84 Å². The molecule has 0 aliphatic carbocycles. The Morgan fingerprint density at radius 3 is 2.73 bits per heavy atom. The molecule has 1 amide bonds. The molecular formula is C18H17FN2O4S. The van der Waals surface area contributed by atoms with E-state index in [9.17, 15) is 17.6 Å². The molecule has 1 heterocycles. The van der Waals surface area contributed by atoms with E-state index in [2.05, 4.69) is 10.5 Å². The molecule has 6 nitrogen and oxygen atoms in total. The zero-order valence-corrected chi connectivity index (χ0v) is 15.0. The molecule has 2 aromatic rings. The SMILES string of the molecule is Cc1ccc(S(C)(=O)=O)cc1NC(=O)[C@H]1CC(c2cccc(F)c2)=NO1. The lowest BCUT2D eigenvalue weighted by Gasteiger charge is -2.12. The molecule has 136 valence electrons. The number of anilines is 1. The van der Waals surface area contributed by atoms with Gasteiger partial charge in [-0.25, -0.2) is 12.8 Å². The maximum atomic E-state index is 13.3. The lowest BCUT2D eigenvalue weighted by Crippen LogP contribution is -2.28. The van der Waals surface area contributed by atoms with Crippen LogP contribution in [-0.4, -0.2) is 32.4 Å². The molecule has 0 unspecified atom stereocenters. The quantitative estimate of drug-likeness (QED) is 0.889. The van der Waals surface area contributed by atoms with E-state index in [1.165, 1.54) is 24.3 Å². The van der Waals surface area contributed by atoms with E-state index in [-0.39, 0.29) is 11.3 Å². The lowest BCUT2D eigenvalue weighted by atomic mass is 10.0. The Balaban J connectivity index is 1.72. The topological polar surface area (TPSA) is 84.8 Å². The number of hydrogen-bond acceptors (Lipinski definition) is 5. The normalized spacial score (nSPS) is 16.7. The predicted molar refractivity (Wildman–Crippen MR) is 95.3 cm³/mol. The molecule has 1 atom stereocenters. The number of amides is 1. The summed E-state index contributed by atoms with van der Waals surface area (Å²) >= 11 is 0. The third kappa shape index (κ3) is 3.91. The number of rotatable bonds is 4. The minimum atomic E-state index is -3.39. The summed E-state index contributed by atoms with van der Waals surface area (Å²) in [6, 6.07) is 10.4. The van der Waals surface area contributed by atoms with Crippen molar-refractivity contribution in [2.45, 2.75) is 24.3 Å². The van der Waals surface area contributed by atoms with Crippen molar-refractivity contribution in [1.82, 2.24) is 0 Å². The van der Waals surface area contributed by atoms with E-state index in [4.69, 9.17) is 4.84 Å². The molecule has 0 fully saturated rings. The van der Waals surface area contributed by atoms with E-state index in [1.807, 2.05) is 0 Å². The summed E-state index contributed by atoms with van der Waals surface area (Å²) in [5.41, 5.74) is 2.14. The third-order valence-corrected chi connectivity index (χ3v) is 5.12. The maximum Gasteiger partial charge on any atom is 0.268 e. The second kappa shape index (κ2) is 6.87. The highest BCUT2D eigenvalue weighted by molar-refractivity contribution is 7.90. The van der Waals surface area contributed by atoms with Gasteiger partial charge in [0.2, 0.25) is 6.10 Å². The molecule has 2 aromatic carbocycles. The standard InChI is InChI=1S/C18H17FN2O4S/c1-11-6-7-14(26(2,23)24)9-15(11)20-18(22)17-10-16(21-25-17)12-4-3-5-13(19)8-12/h3-9,17H,10H2,1-2H3,(H,20,22)/t17-/m1/s1. The van der Waals surface area contributed by atoms with Gasteiger partial charge in [0.25, 0.3) is 5.91 Å². The van der Waals surface area contributed by atoms with Gasteiger partial charge < -0.3 is 10.2 Å². The largest absolute Gasteiger partial charge is 0.382 e. The minimum absolute atomic E-state index is 0.113. The first-order valence-electron chi connectivity index (χ1n) is 7.84. The number of nitrogens with one attached hydrogen (secondary N) is 1. The summed E-state index contributed by atoms with van der Waals surface area (Å²) in [6.45, 7) is 1.76. The number of carbonyl (C=O) groups excluding carboxylic acids is 1. The first kappa shape index (κ1) is 18.1. The zero-order chi connectivity index (χ0) is 18.9. The summed E-state index contributed by atoms with van der Waals surface area (Å²) in [5.74, 6) is -0.847. The molecule has 0 saturated heterocycles. The highest BCUT2D eigenvalue weighted by Crippen LogP contribution is 2.23. The van der Waals surface area contributed by atoms with Gasteiger partial charge in [-0.05, 0) is 36.8 Å². The highest BCUT2D eigenvalue weighted by atomic mass is 32.2. The van der Waals surface area contributed by atoms with Crippen LogP contribution in [0.2, 0.25) is 0 Å². The van der Waals surface area contributed by atoms with E-state index in [1.54, 1.807) is 25.1 Å². The number of aryl methyl sites for hydroxylation is 1. The van der Waals surface area contributed by atoms with Gasteiger partial charge in [-0.1, -0.05) is 23.4 Å². The minimum Gasteiger partial charge on any atom is -0.382 e. The molecular weight excluding hydrogens is 359 g/mol. The monoisotopic (exact) mass is 376 g/mol. The first-order valence-corrected chi connectivity index (χ1v) is 9.73. The fourth-order valence-corrected chi connectivity index (χ4v) is 3.18. The van der Waals surface area contributed by atoms with Crippen molar-refractivity contribution < 1.29 is 22.4 Å². The van der Waals surface area contributed by atoms with Gasteiger partial charge in [0.05, 0.1) is 10.6 Å². The number of benzene rings is 2. The van der Waals surface area contributed by atoms with Crippen LogP contribution in [0.25, 0.3) is 0 Å². The molecule has 3 rings (SSSR count). The molecule has 1 N–H and O–H groups in total. The smallest absolute Gasteiger partial charge is 0.268 e. The van der Waals surface area contributed by atoms with Crippen LogP contribution < -0.4 is 5.32 Å². The van der Waals surface area contributed by atoms with Crippen molar-refractivity contribution in [2.75, 3.05) is 11.6 Å². The molecule has 8 heteroatoms. The van der Waals surface area contributed by atoms with E-state index in [0.717, 1.165) is 11.8 Å². The maximum absolute atomic E-state index is 13.3. The molecule has 0 aromatic heterocycles. The van der Waals surface area contributed by atoms with Gasteiger partial charge >= 0.3 is 0 Å². The van der Waals surface area contributed by atoms with Crippen molar-refractivity contribution in [1.29, 1.82) is 0 Å². The van der Waals surface area contributed by atoms with E-state index >= 15 is 0 Å². The number of carbonyl (C=O) groups is 1. The number of oxime groups is 1. The van der Waals surface area contributed by atoms with Gasteiger partial charge in [-0.3, -0.25) is 4.79 Å². The van der Waals surface area contributed by atoms with Crippen LogP contribution in [0, 0.1) is 12.7 Å². The van der Waals surface area contributed by atoms with Crippen molar-refractivity contribution in [2.24, 2.45) is 5.16 Å². The Hall–Kier alpha value is -2.74. The third-order valence-electron chi connectivity index (χ3n) is 4.01. The average molecular weight is 376 g/mol. The molecule has 1 aliphatic rings. The van der Waals surface area contributed by atoms with Gasteiger partial charge in [-0.2, -0.15) is 0 Å². The number of halogens is 1. The summed E-state index contributed by atoms with van der Waals surface area (Å²) in [5, 5.41) is 6.54. The van der Waals surface area contributed by atoms with Gasteiger partial charge in [0.1, 0.15) is 5.82 Å². The van der Waals surface area contributed by atoms with Gasteiger partial charge in [-0.15, -0.1) is 0 Å². The summed E-state index contributed by atoms with van der Waals surface area (Å²) in [6.07, 6.45) is 0.428. The van der Waals surface area contributed by atoms with Crippen molar-refractivity contribution in [3.05, 3.63) is 59.4 Å². The molecule has 1 aliphatic heterocycles. The number of nitrogens with zero attached hydrogens (tertiary/aromatic N) is 1. The van der Waals surface area contributed by atoms with E-state index < -0.39 is 27.7 Å². The summed E-state index contributed by atoms with van der Waals surface area (Å²) in [7, 11) is -3.39. The van der Waals surface area contributed by atoms with Crippen LogP contribution in [0.4, 0.5) is 10.1 Å². The van der Waals surface area contributed by atoms with E-state index in [0.29, 0.717) is 17.0 Å². The molecule has 0 saturated carbocycles. The Morgan fingerprint density at radius 2 is 2.04 bits per heavy atom. The lowest BCUT2D eigenvalue weighted by molar-refractivity contribution is -0.125. The van der Waals surface area contributed by atoms with Crippen molar-refractivity contribution in [3.63, 3.8) is 0 Å². The molecule has 0 radical (unpaired) electrons. The highest BCUT2D eigenvalue weighted by Gasteiger charge is 2.29. The van der Waals surface area contributed by atoms with Crippen molar-refractivity contribution in [3.8, 4) is 0 Å². The van der Waals surface area contributed by atoms with Crippen LogP contribution in [0.1, 0.15) is 17.5 Å². The van der Waals surface area contributed by atoms with Crippen LogP contribution >= 0.6 is 0 Å². The van der Waals surface area contributed by atoms with Crippen LogP contribution in [-0.2, 0) is 19.5 Å². The molecule has 26 heavy (non-hydrogen) atoms. The zero-order valence-electron chi connectivity index (χ0n) is 14.2. The number of sulfone groups is 1. The second-order valence-electron chi connectivity index (χ2n) is 6.08. The van der Waals surface area contributed by atoms with Crippen LogP contribution in [0.15, 0.2) is 52.5 Å². The first-order chi connectivity index (χ1) is 12.2. The summed E-state index contributed by atoms with van der Waals surface area (Å²) in [4.78, 5) is 17.7. The Bertz CT molecular complexity index is 1000. The Morgan fingerprint density at radius 1 is 1.27 bits per heavy atom. The fraction of sp³-hybridized carbons (Fsp3) is 0.222. The average Bonchev–Trinajstić information content (AvgIpc) is 3.06. The fourth-order valence-electron chi connectivity index (χ4n) is 2.54. The number of hydrogen-bond donors (Lipinski definition) is 1. The van der Waals surface area contributed by atoms with Gasteiger partial charge in [0, 0.05) is 23.9 Å². The van der Waals surface area contributed by atoms with Crippen molar-refractivity contribution >= 4 is 27.1 Å². The molecule has 0 bridgehead atoms. The Kier molecular flexibility index (Phi) is 4.78. The predicted octanol–water partition coefficient (Wildman–Crippen LogP) is 2.67. The molecule has 0 spiro atoms. The van der Waals surface area contributed by atoms with Crippen LogP contribution in [0.3, 0.4) is 0 Å². The second-order valence-corrected chi connectivity index (χ2v) is 8.10. The Labute approximate surface area is 150 Å². The van der Waals surface area contributed by atoms with Crippen LogP contribution in [0.5, 0.6) is 0 Å². The summed E-state index contributed by atoms with van der Waals surface area (Å²) < 4.78 is 36.7.